The molecule has 6 heteroatoms. The first kappa shape index (κ1) is 10.9. The lowest BCUT2D eigenvalue weighted by atomic mass is 10.4. The molecule has 0 radical (unpaired) electrons. The van der Waals surface area contributed by atoms with Crippen LogP contribution in [0, 0.1) is 0 Å². The molecule has 6 nitrogen and oxygen atoms in total. The van der Waals surface area contributed by atoms with E-state index in [-0.39, 0.29) is 18.2 Å². The third-order valence-corrected chi connectivity index (χ3v) is 1.58. The Labute approximate surface area is 86.2 Å². The van der Waals surface area contributed by atoms with Gasteiger partial charge in [0.2, 0.25) is 0 Å². The minimum atomic E-state index is -0.318. The molecule has 0 saturated heterocycles. The van der Waals surface area contributed by atoms with E-state index in [0.29, 0.717) is 12.3 Å². The van der Waals surface area contributed by atoms with Gasteiger partial charge in [-0.15, -0.1) is 6.58 Å². The number of amides is 1. The van der Waals surface area contributed by atoms with E-state index in [1.165, 1.54) is 6.07 Å². The van der Waals surface area contributed by atoms with Gasteiger partial charge in [-0.2, -0.15) is 0 Å². The molecule has 0 saturated carbocycles. The third kappa shape index (κ3) is 3.21. The standard InChI is InChI=1S/C9H10N4O2/c1-2-5-11-9(14)8-4-3-7(15-8)6-12-13-10/h2-4H,1,5-6H2,(H,11,14). The Morgan fingerprint density at radius 1 is 1.73 bits per heavy atom. The van der Waals surface area contributed by atoms with E-state index in [0.717, 1.165) is 0 Å². The lowest BCUT2D eigenvalue weighted by molar-refractivity contribution is 0.0928. The summed E-state index contributed by atoms with van der Waals surface area (Å²) in [7, 11) is 0. The molecule has 0 aliphatic carbocycles. The van der Waals surface area contributed by atoms with Crippen molar-refractivity contribution in [3.8, 4) is 0 Å². The van der Waals surface area contributed by atoms with E-state index in [1.54, 1.807) is 12.1 Å². The summed E-state index contributed by atoms with van der Waals surface area (Å²) in [6.07, 6.45) is 1.57. The minimum absolute atomic E-state index is 0.102. The van der Waals surface area contributed by atoms with Crippen molar-refractivity contribution in [2.24, 2.45) is 5.11 Å². The van der Waals surface area contributed by atoms with Gasteiger partial charge >= 0.3 is 0 Å². The molecule has 1 heterocycles. The van der Waals surface area contributed by atoms with Gasteiger partial charge in [0, 0.05) is 11.5 Å². The van der Waals surface area contributed by atoms with Crippen molar-refractivity contribution in [2.75, 3.05) is 6.54 Å². The van der Waals surface area contributed by atoms with Gasteiger partial charge in [-0.1, -0.05) is 11.2 Å². The summed E-state index contributed by atoms with van der Waals surface area (Å²) in [5, 5.41) is 5.88. The fourth-order valence-corrected chi connectivity index (χ4v) is 0.938. The lowest BCUT2D eigenvalue weighted by Gasteiger charge is -1.97. The zero-order valence-electron chi connectivity index (χ0n) is 8.01. The largest absolute Gasteiger partial charge is 0.456 e. The topological polar surface area (TPSA) is 91.0 Å². The average Bonchev–Trinajstić information content (AvgIpc) is 2.71. The van der Waals surface area contributed by atoms with Crippen LogP contribution in [-0.4, -0.2) is 12.5 Å². The van der Waals surface area contributed by atoms with Crippen molar-refractivity contribution >= 4 is 5.91 Å². The van der Waals surface area contributed by atoms with Gasteiger partial charge in [-0.25, -0.2) is 0 Å². The van der Waals surface area contributed by atoms with Crippen LogP contribution >= 0.6 is 0 Å². The number of nitrogens with zero attached hydrogens (tertiary/aromatic N) is 3. The van der Waals surface area contributed by atoms with Gasteiger partial charge in [0.1, 0.15) is 5.76 Å². The molecule has 0 spiro atoms. The molecule has 78 valence electrons. The van der Waals surface area contributed by atoms with Gasteiger partial charge in [-0.05, 0) is 17.7 Å². The summed E-state index contributed by atoms with van der Waals surface area (Å²) in [6.45, 7) is 3.95. The van der Waals surface area contributed by atoms with Crippen LogP contribution < -0.4 is 5.32 Å². The van der Waals surface area contributed by atoms with Gasteiger partial charge in [0.25, 0.3) is 5.91 Å². The molecule has 0 fully saturated rings. The van der Waals surface area contributed by atoms with Crippen molar-refractivity contribution in [2.45, 2.75) is 6.54 Å². The number of azide groups is 1. The van der Waals surface area contributed by atoms with Crippen molar-refractivity contribution in [1.29, 1.82) is 0 Å². The summed E-state index contributed by atoms with van der Waals surface area (Å²) >= 11 is 0. The second kappa shape index (κ2) is 5.51. The Balaban J connectivity index is 2.62. The van der Waals surface area contributed by atoms with E-state index in [9.17, 15) is 4.79 Å². The second-order valence-corrected chi connectivity index (χ2v) is 2.65. The van der Waals surface area contributed by atoms with Gasteiger partial charge in [0.05, 0.1) is 6.54 Å². The number of carbonyl (C=O) groups excluding carboxylic acids is 1. The van der Waals surface area contributed by atoms with Crippen LogP contribution in [0.15, 0.2) is 34.3 Å². The second-order valence-electron chi connectivity index (χ2n) is 2.65. The van der Waals surface area contributed by atoms with Crippen molar-refractivity contribution in [3.05, 3.63) is 46.8 Å². The molecule has 1 amide bonds. The van der Waals surface area contributed by atoms with Gasteiger partial charge in [-0.3, -0.25) is 4.79 Å². The number of furan rings is 1. The number of carbonyl (C=O) groups is 1. The molecule has 0 bridgehead atoms. The van der Waals surface area contributed by atoms with E-state index in [4.69, 9.17) is 9.95 Å². The number of hydrogen-bond acceptors (Lipinski definition) is 3. The summed E-state index contributed by atoms with van der Waals surface area (Å²) in [5.41, 5.74) is 8.09. The monoisotopic (exact) mass is 206 g/mol. The fourth-order valence-electron chi connectivity index (χ4n) is 0.938. The molecule has 0 unspecified atom stereocenters. The predicted octanol–water partition coefficient (Wildman–Crippen LogP) is 2.01. The quantitative estimate of drug-likeness (QED) is 0.345. The Morgan fingerprint density at radius 2 is 2.53 bits per heavy atom. The Morgan fingerprint density at radius 3 is 3.20 bits per heavy atom. The van der Waals surface area contributed by atoms with Crippen LogP contribution in [-0.2, 0) is 6.54 Å². The molecule has 1 N–H and O–H groups in total. The highest BCUT2D eigenvalue weighted by atomic mass is 16.4. The molecule has 1 aromatic heterocycles. The molecular weight excluding hydrogens is 196 g/mol. The molecular formula is C9H10N4O2. The van der Waals surface area contributed by atoms with E-state index in [1.807, 2.05) is 0 Å². The van der Waals surface area contributed by atoms with E-state index in [2.05, 4.69) is 21.9 Å². The van der Waals surface area contributed by atoms with Crippen molar-refractivity contribution in [3.63, 3.8) is 0 Å². The average molecular weight is 206 g/mol. The Bertz CT molecular complexity index is 404. The first-order chi connectivity index (χ1) is 7.27. The smallest absolute Gasteiger partial charge is 0.287 e. The predicted molar refractivity (Wildman–Crippen MR) is 54.1 cm³/mol. The molecule has 0 atom stereocenters. The highest BCUT2D eigenvalue weighted by Gasteiger charge is 2.09. The molecule has 0 aliphatic heterocycles. The van der Waals surface area contributed by atoms with Crippen molar-refractivity contribution < 1.29 is 9.21 Å². The van der Waals surface area contributed by atoms with Crippen LogP contribution in [0.3, 0.4) is 0 Å². The number of rotatable bonds is 5. The molecule has 1 aromatic rings. The molecule has 0 aliphatic rings. The summed E-state index contributed by atoms with van der Waals surface area (Å²) in [5.74, 6) is 0.332. The highest BCUT2D eigenvalue weighted by Crippen LogP contribution is 2.08. The third-order valence-electron chi connectivity index (χ3n) is 1.58. The first-order valence-electron chi connectivity index (χ1n) is 4.26. The normalized spacial score (nSPS) is 9.07. The van der Waals surface area contributed by atoms with Crippen LogP contribution in [0.5, 0.6) is 0 Å². The highest BCUT2D eigenvalue weighted by molar-refractivity contribution is 5.91. The number of hydrogen-bond donors (Lipinski definition) is 1. The van der Waals surface area contributed by atoms with Crippen LogP contribution in [0.2, 0.25) is 0 Å². The first-order valence-corrected chi connectivity index (χ1v) is 4.26. The Kier molecular flexibility index (Phi) is 4.00. The van der Waals surface area contributed by atoms with Crippen molar-refractivity contribution in [1.82, 2.24) is 5.32 Å². The van der Waals surface area contributed by atoms with Crippen LogP contribution in [0.25, 0.3) is 10.4 Å². The molecule has 15 heavy (non-hydrogen) atoms. The summed E-state index contributed by atoms with van der Waals surface area (Å²) < 4.78 is 5.13. The summed E-state index contributed by atoms with van der Waals surface area (Å²) in [6, 6.07) is 3.12. The van der Waals surface area contributed by atoms with Crippen LogP contribution in [0.4, 0.5) is 0 Å². The maximum absolute atomic E-state index is 11.3. The zero-order chi connectivity index (χ0) is 11.1. The Hall–Kier alpha value is -2.20. The fraction of sp³-hybridized carbons (Fsp3) is 0.222. The minimum Gasteiger partial charge on any atom is -0.456 e. The van der Waals surface area contributed by atoms with Gasteiger partial charge in [0.15, 0.2) is 5.76 Å². The molecule has 0 aromatic carbocycles. The molecule has 1 rings (SSSR count). The lowest BCUT2D eigenvalue weighted by Crippen LogP contribution is -2.22. The van der Waals surface area contributed by atoms with Gasteiger partial charge < -0.3 is 9.73 Å². The SMILES string of the molecule is C=CCNC(=O)c1ccc(CN=[N+]=[N-])o1. The maximum Gasteiger partial charge on any atom is 0.287 e. The maximum atomic E-state index is 11.3. The van der Waals surface area contributed by atoms with E-state index >= 15 is 0 Å². The zero-order valence-corrected chi connectivity index (χ0v) is 8.01. The summed E-state index contributed by atoms with van der Waals surface area (Å²) in [4.78, 5) is 13.9. The number of nitrogens with one attached hydrogen (secondary N) is 1. The van der Waals surface area contributed by atoms with Crippen LogP contribution in [0.1, 0.15) is 16.3 Å². The van der Waals surface area contributed by atoms with E-state index < -0.39 is 0 Å².